The zero-order valence-electron chi connectivity index (χ0n) is 14.1. The lowest BCUT2D eigenvalue weighted by Gasteiger charge is -2.28. The first kappa shape index (κ1) is 18.0. The molecule has 1 aliphatic heterocycles. The average molecular weight is 299 g/mol. The summed E-state index contributed by atoms with van der Waals surface area (Å²) in [4.78, 5) is 24.6. The smallest absolute Gasteiger partial charge is 0.329 e. The van der Waals surface area contributed by atoms with Crippen LogP contribution < -0.4 is 5.32 Å². The van der Waals surface area contributed by atoms with Crippen molar-refractivity contribution < 1.29 is 19.1 Å². The Bertz CT molecular complexity index is 375. The summed E-state index contributed by atoms with van der Waals surface area (Å²) in [7, 11) is 0. The van der Waals surface area contributed by atoms with E-state index < -0.39 is 17.7 Å². The molecule has 1 amide bonds. The quantitative estimate of drug-likeness (QED) is 0.791. The van der Waals surface area contributed by atoms with Crippen LogP contribution in [0.4, 0.5) is 0 Å². The van der Waals surface area contributed by atoms with Gasteiger partial charge in [0.2, 0.25) is 5.91 Å². The van der Waals surface area contributed by atoms with Crippen molar-refractivity contribution in [2.75, 3.05) is 6.61 Å². The van der Waals surface area contributed by atoms with E-state index in [2.05, 4.69) is 5.32 Å². The molecule has 5 heteroatoms. The molecule has 0 saturated carbocycles. The van der Waals surface area contributed by atoms with Gasteiger partial charge in [-0.15, -0.1) is 0 Å². The molecule has 0 aliphatic carbocycles. The van der Waals surface area contributed by atoms with Crippen LogP contribution in [0.25, 0.3) is 0 Å². The summed E-state index contributed by atoms with van der Waals surface area (Å²) < 4.78 is 10.9. The lowest BCUT2D eigenvalue weighted by molar-refractivity contribution is -0.161. The number of hydrogen-bond donors (Lipinski definition) is 1. The summed E-state index contributed by atoms with van der Waals surface area (Å²) in [5, 5.41) is 2.82. The number of carbonyl (C=O) groups excluding carboxylic acids is 2. The van der Waals surface area contributed by atoms with Gasteiger partial charge in [-0.2, -0.15) is 0 Å². The van der Waals surface area contributed by atoms with Gasteiger partial charge in [0.15, 0.2) is 0 Å². The molecule has 122 valence electrons. The van der Waals surface area contributed by atoms with Gasteiger partial charge in [0, 0.05) is 6.61 Å². The highest BCUT2D eigenvalue weighted by atomic mass is 16.6. The highest BCUT2D eigenvalue weighted by Crippen LogP contribution is 2.21. The highest BCUT2D eigenvalue weighted by Gasteiger charge is 2.36. The third-order valence-electron chi connectivity index (χ3n) is 3.82. The standard InChI is InChI=1S/C16H29NO4/c1-7-10(2)12(15(19)21-16(4,5)6)17-14(18)13-11(3)8-9-20-13/h10-13H,7-9H2,1-6H3,(H,17,18)/t10-,11?,12-,13?/m0/s1. The van der Waals surface area contributed by atoms with E-state index in [-0.39, 0.29) is 23.7 Å². The molecule has 0 spiro atoms. The van der Waals surface area contributed by atoms with Gasteiger partial charge in [-0.05, 0) is 39.0 Å². The van der Waals surface area contributed by atoms with E-state index in [4.69, 9.17) is 9.47 Å². The molecule has 0 aromatic heterocycles. The first-order valence-corrected chi connectivity index (χ1v) is 7.80. The third kappa shape index (κ3) is 5.30. The summed E-state index contributed by atoms with van der Waals surface area (Å²) in [5.74, 6) is -0.395. The molecule has 0 bridgehead atoms. The van der Waals surface area contributed by atoms with Gasteiger partial charge in [-0.25, -0.2) is 4.79 Å². The maximum atomic E-state index is 12.3. The van der Waals surface area contributed by atoms with E-state index in [1.807, 2.05) is 41.5 Å². The van der Waals surface area contributed by atoms with Crippen LogP contribution in [0.3, 0.4) is 0 Å². The third-order valence-corrected chi connectivity index (χ3v) is 3.82. The lowest BCUT2D eigenvalue weighted by atomic mass is 9.97. The minimum absolute atomic E-state index is 0.0144. The molecular formula is C16H29NO4. The van der Waals surface area contributed by atoms with Crippen molar-refractivity contribution in [3.63, 3.8) is 0 Å². The fraction of sp³-hybridized carbons (Fsp3) is 0.875. The Balaban J connectivity index is 2.74. The zero-order valence-corrected chi connectivity index (χ0v) is 14.1. The van der Waals surface area contributed by atoms with E-state index in [9.17, 15) is 9.59 Å². The van der Waals surface area contributed by atoms with Crippen LogP contribution >= 0.6 is 0 Å². The highest BCUT2D eigenvalue weighted by molar-refractivity contribution is 5.87. The first-order valence-electron chi connectivity index (χ1n) is 7.80. The monoisotopic (exact) mass is 299 g/mol. The summed E-state index contributed by atoms with van der Waals surface area (Å²) >= 11 is 0. The Labute approximate surface area is 127 Å². The number of amides is 1. The Morgan fingerprint density at radius 1 is 1.38 bits per heavy atom. The predicted octanol–water partition coefficient (Wildman–Crippen LogP) is 2.28. The van der Waals surface area contributed by atoms with Crippen LogP contribution in [-0.2, 0) is 19.1 Å². The maximum Gasteiger partial charge on any atom is 0.329 e. The van der Waals surface area contributed by atoms with Gasteiger partial charge in [-0.1, -0.05) is 27.2 Å². The Morgan fingerprint density at radius 3 is 2.43 bits per heavy atom. The normalized spacial score (nSPS) is 25.2. The topological polar surface area (TPSA) is 64.6 Å². The van der Waals surface area contributed by atoms with E-state index in [1.54, 1.807) is 0 Å². The predicted molar refractivity (Wildman–Crippen MR) is 80.8 cm³/mol. The van der Waals surface area contributed by atoms with Crippen molar-refractivity contribution >= 4 is 11.9 Å². The molecule has 0 radical (unpaired) electrons. The molecule has 2 unspecified atom stereocenters. The summed E-state index contributed by atoms with van der Waals surface area (Å²) in [6.45, 7) is 12.0. The molecule has 1 rings (SSSR count). The molecule has 1 saturated heterocycles. The minimum atomic E-state index is -0.627. The van der Waals surface area contributed by atoms with Gasteiger partial charge >= 0.3 is 5.97 Å². The Morgan fingerprint density at radius 2 is 2.00 bits per heavy atom. The fourth-order valence-electron chi connectivity index (χ4n) is 2.30. The fourth-order valence-corrected chi connectivity index (χ4v) is 2.30. The van der Waals surface area contributed by atoms with Crippen LogP contribution in [0, 0.1) is 11.8 Å². The molecule has 1 fully saturated rings. The number of ether oxygens (including phenoxy) is 2. The van der Waals surface area contributed by atoms with E-state index in [0.717, 1.165) is 12.8 Å². The van der Waals surface area contributed by atoms with Crippen molar-refractivity contribution in [2.24, 2.45) is 11.8 Å². The van der Waals surface area contributed by atoms with E-state index in [0.29, 0.717) is 6.61 Å². The van der Waals surface area contributed by atoms with Crippen LogP contribution in [0.2, 0.25) is 0 Å². The lowest BCUT2D eigenvalue weighted by Crippen LogP contribution is -2.51. The molecule has 0 aromatic carbocycles. The Hall–Kier alpha value is -1.10. The minimum Gasteiger partial charge on any atom is -0.458 e. The zero-order chi connectivity index (χ0) is 16.2. The summed E-state index contributed by atoms with van der Waals surface area (Å²) in [6.07, 6.45) is 1.20. The van der Waals surface area contributed by atoms with Crippen LogP contribution in [0.5, 0.6) is 0 Å². The van der Waals surface area contributed by atoms with Crippen molar-refractivity contribution in [2.45, 2.75) is 72.1 Å². The van der Waals surface area contributed by atoms with Crippen molar-refractivity contribution in [3.05, 3.63) is 0 Å². The average Bonchev–Trinajstić information content (AvgIpc) is 2.78. The molecule has 21 heavy (non-hydrogen) atoms. The first-order chi connectivity index (χ1) is 9.65. The molecule has 1 heterocycles. The van der Waals surface area contributed by atoms with Gasteiger partial charge in [0.25, 0.3) is 0 Å². The number of hydrogen-bond acceptors (Lipinski definition) is 4. The van der Waals surface area contributed by atoms with E-state index >= 15 is 0 Å². The second-order valence-electron chi connectivity index (χ2n) is 6.96. The molecule has 1 aliphatic rings. The molecule has 4 atom stereocenters. The van der Waals surface area contributed by atoms with Crippen LogP contribution in [0.15, 0.2) is 0 Å². The van der Waals surface area contributed by atoms with Crippen molar-refractivity contribution in [1.82, 2.24) is 5.32 Å². The van der Waals surface area contributed by atoms with E-state index in [1.165, 1.54) is 0 Å². The van der Waals surface area contributed by atoms with Crippen LogP contribution in [0.1, 0.15) is 54.4 Å². The van der Waals surface area contributed by atoms with Crippen molar-refractivity contribution in [1.29, 1.82) is 0 Å². The number of carbonyl (C=O) groups is 2. The molecule has 5 nitrogen and oxygen atoms in total. The number of rotatable bonds is 5. The molecule has 0 aromatic rings. The van der Waals surface area contributed by atoms with Crippen molar-refractivity contribution in [3.8, 4) is 0 Å². The largest absolute Gasteiger partial charge is 0.458 e. The van der Waals surface area contributed by atoms with Crippen LogP contribution in [-0.4, -0.2) is 36.2 Å². The SMILES string of the molecule is CC[C@H](C)[C@H](NC(=O)C1OCCC1C)C(=O)OC(C)(C)C. The summed E-state index contributed by atoms with van der Waals surface area (Å²) in [5.41, 5.74) is -0.565. The number of nitrogens with one attached hydrogen (secondary N) is 1. The molecule has 1 N–H and O–H groups in total. The summed E-state index contributed by atoms with van der Waals surface area (Å²) in [6, 6.07) is -0.627. The second kappa shape index (κ2) is 7.25. The van der Waals surface area contributed by atoms with Gasteiger partial charge in [0.1, 0.15) is 17.7 Å². The maximum absolute atomic E-state index is 12.3. The second-order valence-corrected chi connectivity index (χ2v) is 6.96. The van der Waals surface area contributed by atoms with Gasteiger partial charge in [0.05, 0.1) is 0 Å². The number of esters is 1. The Kier molecular flexibility index (Phi) is 6.20. The van der Waals surface area contributed by atoms with Gasteiger partial charge < -0.3 is 14.8 Å². The molecular weight excluding hydrogens is 270 g/mol. The van der Waals surface area contributed by atoms with Gasteiger partial charge in [-0.3, -0.25) is 4.79 Å².